The van der Waals surface area contributed by atoms with Gasteiger partial charge in [0.25, 0.3) is 0 Å². The largest absolute Gasteiger partial charge is 0.466 e. The third-order valence-corrected chi connectivity index (χ3v) is 7.57. The van der Waals surface area contributed by atoms with Crippen LogP contribution < -0.4 is 5.32 Å². The fourth-order valence-corrected chi connectivity index (χ4v) is 5.54. The van der Waals surface area contributed by atoms with Gasteiger partial charge in [0.1, 0.15) is 0 Å². The third kappa shape index (κ3) is 7.81. The van der Waals surface area contributed by atoms with Crippen molar-refractivity contribution in [3.63, 3.8) is 0 Å². The van der Waals surface area contributed by atoms with Crippen molar-refractivity contribution >= 4 is 35.1 Å². The summed E-state index contributed by atoms with van der Waals surface area (Å²) in [4.78, 5) is 26.7. The number of rotatable bonds is 12. The lowest BCUT2D eigenvalue weighted by atomic mass is 9.88. The van der Waals surface area contributed by atoms with Gasteiger partial charge in [0.15, 0.2) is 0 Å². The van der Waals surface area contributed by atoms with Gasteiger partial charge in [-0.2, -0.15) is 0 Å². The van der Waals surface area contributed by atoms with Crippen LogP contribution in [0.3, 0.4) is 0 Å². The highest BCUT2D eigenvalue weighted by molar-refractivity contribution is 5.86. The predicted octanol–water partition coefficient (Wildman–Crippen LogP) is 6.67. The summed E-state index contributed by atoms with van der Waals surface area (Å²) in [6.45, 7) is 6.87. The Hall–Kier alpha value is -2.89. The van der Waals surface area contributed by atoms with Gasteiger partial charge in [0.2, 0.25) is 5.91 Å². The van der Waals surface area contributed by atoms with Crippen molar-refractivity contribution in [2.75, 3.05) is 26.2 Å². The van der Waals surface area contributed by atoms with Crippen LogP contribution in [0.2, 0.25) is 0 Å². The van der Waals surface area contributed by atoms with Gasteiger partial charge >= 0.3 is 5.97 Å². The molecule has 4 rings (SSSR count). The third-order valence-electron chi connectivity index (χ3n) is 7.57. The molecule has 0 unspecified atom stereocenters. The van der Waals surface area contributed by atoms with Crippen molar-refractivity contribution in [2.45, 2.75) is 57.9 Å². The lowest BCUT2D eigenvalue weighted by Crippen LogP contribution is -2.31. The van der Waals surface area contributed by atoms with E-state index in [-0.39, 0.29) is 30.3 Å². The zero-order valence-corrected chi connectivity index (χ0v) is 23.4. The average molecular weight is 537 g/mol. The van der Waals surface area contributed by atoms with Gasteiger partial charge in [-0.3, -0.25) is 9.59 Å². The van der Waals surface area contributed by atoms with E-state index in [0.717, 1.165) is 38.9 Å². The van der Waals surface area contributed by atoms with E-state index in [4.69, 9.17) is 4.74 Å². The van der Waals surface area contributed by atoms with Gasteiger partial charge in [-0.25, -0.2) is 0 Å². The number of halogens is 1. The van der Waals surface area contributed by atoms with E-state index >= 15 is 0 Å². The molecule has 0 bridgehead atoms. The Morgan fingerprint density at radius 2 is 1.63 bits per heavy atom. The number of carbonyl (C=O) groups is 2. The highest BCUT2D eigenvalue weighted by atomic mass is 35.5. The highest BCUT2D eigenvalue weighted by Gasteiger charge is 2.35. The molecular weight excluding hydrogens is 496 g/mol. The van der Waals surface area contributed by atoms with E-state index < -0.39 is 0 Å². The zero-order chi connectivity index (χ0) is 26.0. The van der Waals surface area contributed by atoms with Crippen molar-refractivity contribution in [1.82, 2.24) is 10.2 Å². The number of hydrogen-bond acceptors (Lipinski definition) is 4. The normalized spacial score (nSPS) is 17.7. The Morgan fingerprint density at radius 1 is 0.921 bits per heavy atom. The Bertz CT molecular complexity index is 1160. The molecule has 0 saturated carbocycles. The van der Waals surface area contributed by atoms with Crippen molar-refractivity contribution < 1.29 is 14.3 Å². The first-order valence-electron chi connectivity index (χ1n) is 13.8. The molecule has 1 N–H and O–H groups in total. The summed E-state index contributed by atoms with van der Waals surface area (Å²) in [5, 5.41) is 6.34. The molecule has 0 radical (unpaired) electrons. The van der Waals surface area contributed by atoms with Gasteiger partial charge in [0.05, 0.1) is 6.61 Å². The maximum absolute atomic E-state index is 13.1. The molecule has 1 amide bonds. The fourth-order valence-electron chi connectivity index (χ4n) is 5.54. The molecule has 0 aromatic heterocycles. The number of nitrogens with zero attached hydrogens (tertiary/aromatic N) is 1. The molecule has 0 spiro atoms. The smallest absolute Gasteiger partial charge is 0.305 e. The molecule has 1 saturated heterocycles. The average Bonchev–Trinajstić information content (AvgIpc) is 3.36. The molecule has 5 nitrogen and oxygen atoms in total. The van der Waals surface area contributed by atoms with Crippen LogP contribution in [0.1, 0.15) is 69.0 Å². The molecule has 3 aromatic rings. The number of likely N-dealkylation sites (tertiary alicyclic amines) is 1. The standard InChI is InChI=1S/C32H40N2O3.ClH/c1-3-37-32(36)20-9-5-8-19-31(35)34-22-27(30(23-34)26-13-6-4-7-14-26)21-33-24(2)28-18-12-16-25-15-10-11-17-29(25)28;/h4,6-7,10-18,24,27,30,33H,3,5,8-9,19-23H2,1-2H3;1H/t24-,27-,30-;/m1./s1. The van der Waals surface area contributed by atoms with E-state index in [1.54, 1.807) is 0 Å². The van der Waals surface area contributed by atoms with Crippen molar-refractivity contribution in [3.8, 4) is 0 Å². The van der Waals surface area contributed by atoms with E-state index in [9.17, 15) is 9.59 Å². The van der Waals surface area contributed by atoms with Crippen LogP contribution in [0.5, 0.6) is 0 Å². The molecule has 3 atom stereocenters. The Morgan fingerprint density at radius 3 is 2.42 bits per heavy atom. The summed E-state index contributed by atoms with van der Waals surface area (Å²) in [5.74, 6) is 0.752. The number of unbranched alkanes of at least 4 members (excludes halogenated alkanes) is 2. The number of carbonyl (C=O) groups excluding carboxylic acids is 2. The Labute approximate surface area is 233 Å². The minimum absolute atomic E-state index is 0. The molecule has 204 valence electrons. The van der Waals surface area contributed by atoms with E-state index in [0.29, 0.717) is 31.3 Å². The number of nitrogens with one attached hydrogen (secondary N) is 1. The summed E-state index contributed by atoms with van der Waals surface area (Å²) in [6.07, 6.45) is 3.43. The summed E-state index contributed by atoms with van der Waals surface area (Å²) in [6, 6.07) is 25.9. The molecule has 1 aliphatic rings. The summed E-state index contributed by atoms with van der Waals surface area (Å²) in [7, 11) is 0. The second-order valence-corrected chi connectivity index (χ2v) is 10.1. The maximum Gasteiger partial charge on any atom is 0.305 e. The van der Waals surface area contributed by atoms with Crippen LogP contribution in [0.25, 0.3) is 10.8 Å². The summed E-state index contributed by atoms with van der Waals surface area (Å²) >= 11 is 0. The van der Waals surface area contributed by atoms with Crippen LogP contribution in [-0.2, 0) is 14.3 Å². The van der Waals surface area contributed by atoms with Crippen molar-refractivity contribution in [2.24, 2.45) is 5.92 Å². The number of benzene rings is 3. The monoisotopic (exact) mass is 536 g/mol. The topological polar surface area (TPSA) is 58.6 Å². The molecule has 38 heavy (non-hydrogen) atoms. The highest BCUT2D eigenvalue weighted by Crippen LogP contribution is 2.34. The van der Waals surface area contributed by atoms with Gasteiger partial charge in [0, 0.05) is 44.4 Å². The number of amides is 1. The summed E-state index contributed by atoms with van der Waals surface area (Å²) < 4.78 is 4.99. The number of hydrogen-bond donors (Lipinski definition) is 1. The first-order chi connectivity index (χ1) is 18.1. The van der Waals surface area contributed by atoms with Crippen LogP contribution in [0, 0.1) is 5.92 Å². The van der Waals surface area contributed by atoms with Gasteiger partial charge in [-0.05, 0) is 54.5 Å². The van der Waals surface area contributed by atoms with Crippen LogP contribution in [0.15, 0.2) is 72.8 Å². The Balaban J connectivity index is 0.00000400. The van der Waals surface area contributed by atoms with Crippen LogP contribution in [0.4, 0.5) is 0 Å². The predicted molar refractivity (Wildman–Crippen MR) is 157 cm³/mol. The number of ether oxygens (including phenoxy) is 1. The molecule has 0 aliphatic carbocycles. The minimum atomic E-state index is -0.146. The second kappa shape index (κ2) is 14.9. The zero-order valence-electron chi connectivity index (χ0n) is 22.6. The molecule has 1 aliphatic heterocycles. The van der Waals surface area contributed by atoms with Gasteiger partial charge in [-0.1, -0.05) is 79.2 Å². The summed E-state index contributed by atoms with van der Waals surface area (Å²) in [5.41, 5.74) is 2.61. The molecule has 1 fully saturated rings. The fraction of sp³-hybridized carbons (Fsp3) is 0.438. The number of fused-ring (bicyclic) bond motifs is 1. The second-order valence-electron chi connectivity index (χ2n) is 10.1. The SMILES string of the molecule is CCOC(=O)CCCCCC(=O)N1C[C@@H](CN[C@H](C)c2cccc3ccccc23)[C@@H](c2ccccc2)C1.Cl. The van der Waals surface area contributed by atoms with Crippen LogP contribution in [-0.4, -0.2) is 43.0 Å². The maximum atomic E-state index is 13.1. The lowest BCUT2D eigenvalue weighted by molar-refractivity contribution is -0.143. The molecular formula is C32H41ClN2O3. The first kappa shape index (κ1) is 29.7. The van der Waals surface area contributed by atoms with Gasteiger partial charge < -0.3 is 15.0 Å². The van der Waals surface area contributed by atoms with Gasteiger partial charge in [-0.15, -0.1) is 12.4 Å². The molecule has 6 heteroatoms. The molecule has 3 aromatic carbocycles. The molecule has 1 heterocycles. The van der Waals surface area contributed by atoms with Crippen molar-refractivity contribution in [1.29, 1.82) is 0 Å². The minimum Gasteiger partial charge on any atom is -0.466 e. The van der Waals surface area contributed by atoms with Crippen LogP contribution >= 0.6 is 12.4 Å². The number of esters is 1. The first-order valence-corrected chi connectivity index (χ1v) is 13.8. The quantitative estimate of drug-likeness (QED) is 0.207. The van der Waals surface area contributed by atoms with E-state index in [1.165, 1.54) is 21.9 Å². The van der Waals surface area contributed by atoms with E-state index in [1.807, 2.05) is 13.0 Å². The lowest BCUT2D eigenvalue weighted by Gasteiger charge is -2.23. The Kier molecular flexibility index (Phi) is 11.6. The van der Waals surface area contributed by atoms with Crippen molar-refractivity contribution in [3.05, 3.63) is 83.9 Å². The van der Waals surface area contributed by atoms with E-state index in [2.05, 4.69) is 83.9 Å².